The summed E-state index contributed by atoms with van der Waals surface area (Å²) in [5.74, 6) is 0.530. The number of anilines is 1. The van der Waals surface area contributed by atoms with Gasteiger partial charge in [-0.25, -0.2) is 5.01 Å². The fourth-order valence-electron chi connectivity index (χ4n) is 3.23. The van der Waals surface area contributed by atoms with Crippen molar-refractivity contribution in [3.63, 3.8) is 0 Å². The molecule has 5 nitrogen and oxygen atoms in total. The van der Waals surface area contributed by atoms with Gasteiger partial charge in [0.15, 0.2) is 0 Å². The van der Waals surface area contributed by atoms with E-state index in [0.717, 1.165) is 16.2 Å². The van der Waals surface area contributed by atoms with E-state index in [-0.39, 0.29) is 5.57 Å². The maximum Gasteiger partial charge on any atom is 0.282 e. The molecule has 3 aromatic carbocycles. The number of hydrogen-bond acceptors (Lipinski definition) is 4. The van der Waals surface area contributed by atoms with Gasteiger partial charge in [0.2, 0.25) is 0 Å². The van der Waals surface area contributed by atoms with E-state index < -0.39 is 11.8 Å². The number of rotatable bonds is 7. The molecule has 1 N–H and O–H groups in total. The third-order valence-electron chi connectivity index (χ3n) is 4.79. The Morgan fingerprint density at radius 1 is 1.03 bits per heavy atom. The molecule has 0 aliphatic carbocycles. The number of para-hydroxylation sites is 1. The number of nitrogens with zero attached hydrogens (tertiary/aromatic N) is 1. The Balaban J connectivity index is 1.48. The van der Waals surface area contributed by atoms with Crippen molar-refractivity contribution >= 4 is 46.9 Å². The van der Waals surface area contributed by atoms with Crippen molar-refractivity contribution in [3.8, 4) is 5.75 Å². The summed E-state index contributed by atoms with van der Waals surface area (Å²) in [5, 5.41) is 1.96. The zero-order valence-electron chi connectivity index (χ0n) is 17.4. The monoisotopic (exact) mass is 464 g/mol. The Morgan fingerprint density at radius 3 is 2.53 bits per heavy atom. The summed E-state index contributed by atoms with van der Waals surface area (Å²) in [4.78, 5) is 26.5. The summed E-state index contributed by atoms with van der Waals surface area (Å²) in [6, 6.07) is 22.4. The highest BCUT2D eigenvalue weighted by Gasteiger charge is 2.34. The molecular formula is C25H21ClN2O3S. The molecule has 0 aromatic heterocycles. The number of halogens is 1. The molecule has 0 unspecified atom stereocenters. The van der Waals surface area contributed by atoms with Crippen LogP contribution in [0, 0.1) is 6.92 Å². The summed E-state index contributed by atoms with van der Waals surface area (Å²) in [6.45, 7) is 2.43. The van der Waals surface area contributed by atoms with Crippen LogP contribution in [0.3, 0.4) is 0 Å². The number of benzene rings is 3. The van der Waals surface area contributed by atoms with E-state index in [2.05, 4.69) is 5.43 Å². The maximum absolute atomic E-state index is 12.9. The van der Waals surface area contributed by atoms with Gasteiger partial charge >= 0.3 is 0 Å². The normalized spacial score (nSPS) is 14.7. The Bertz CT molecular complexity index is 1160. The van der Waals surface area contributed by atoms with Gasteiger partial charge in [-0.1, -0.05) is 41.4 Å². The average Bonchev–Trinajstić information content (AvgIpc) is 3.08. The van der Waals surface area contributed by atoms with Gasteiger partial charge in [-0.15, -0.1) is 11.8 Å². The predicted molar refractivity (Wildman–Crippen MR) is 129 cm³/mol. The van der Waals surface area contributed by atoms with Crippen LogP contribution in [0.15, 0.2) is 83.3 Å². The number of hydrogen-bond donors (Lipinski definition) is 1. The second-order valence-electron chi connectivity index (χ2n) is 7.17. The lowest BCUT2D eigenvalue weighted by Gasteiger charge is -2.14. The first-order valence-corrected chi connectivity index (χ1v) is 11.4. The minimum Gasteiger partial charge on any atom is -0.492 e. The molecule has 1 aliphatic heterocycles. The maximum atomic E-state index is 12.9. The van der Waals surface area contributed by atoms with Gasteiger partial charge in [0, 0.05) is 21.2 Å². The summed E-state index contributed by atoms with van der Waals surface area (Å²) >= 11 is 7.59. The van der Waals surface area contributed by atoms with E-state index in [1.165, 1.54) is 5.01 Å². The largest absolute Gasteiger partial charge is 0.492 e. The van der Waals surface area contributed by atoms with Crippen LogP contribution in [0.4, 0.5) is 5.69 Å². The first-order chi connectivity index (χ1) is 15.5. The van der Waals surface area contributed by atoms with Crippen LogP contribution in [0.1, 0.15) is 11.1 Å². The highest BCUT2D eigenvalue weighted by molar-refractivity contribution is 7.99. The summed E-state index contributed by atoms with van der Waals surface area (Å²) in [5.41, 5.74) is 4.99. The van der Waals surface area contributed by atoms with E-state index in [0.29, 0.717) is 28.6 Å². The molecule has 0 radical (unpaired) electrons. The number of amides is 2. The molecule has 32 heavy (non-hydrogen) atoms. The van der Waals surface area contributed by atoms with E-state index in [4.69, 9.17) is 16.3 Å². The molecule has 1 fully saturated rings. The third kappa shape index (κ3) is 5.15. The number of carbonyl (C=O) groups excluding carboxylic acids is 2. The molecule has 1 aliphatic rings. The minimum atomic E-state index is -0.440. The molecule has 0 bridgehead atoms. The zero-order chi connectivity index (χ0) is 22.5. The van der Waals surface area contributed by atoms with E-state index in [9.17, 15) is 9.59 Å². The number of aryl methyl sites for hydroxylation is 1. The molecule has 0 saturated carbocycles. The molecule has 7 heteroatoms. The predicted octanol–water partition coefficient (Wildman–Crippen LogP) is 5.28. The number of carbonyl (C=O) groups is 2. The summed E-state index contributed by atoms with van der Waals surface area (Å²) in [6.07, 6.45) is 1.59. The van der Waals surface area contributed by atoms with Crippen molar-refractivity contribution < 1.29 is 14.3 Å². The van der Waals surface area contributed by atoms with Gasteiger partial charge in [-0.05, 0) is 61.5 Å². The molecule has 2 amide bonds. The van der Waals surface area contributed by atoms with Gasteiger partial charge in [0.05, 0.1) is 12.3 Å². The smallest absolute Gasteiger partial charge is 0.282 e. The van der Waals surface area contributed by atoms with Crippen LogP contribution in [0.25, 0.3) is 6.08 Å². The standard InChI is InChI=1S/C25H21ClN2O3S/c1-17-7-12-23(31-13-14-32-21-10-8-19(26)9-11-21)18(15-17)16-22-24(29)27-28(25(22)30)20-5-3-2-4-6-20/h2-12,15-16H,13-14H2,1H3,(H,27,29)/b22-16+. The Hall–Kier alpha value is -3.22. The van der Waals surface area contributed by atoms with Crippen molar-refractivity contribution in [2.75, 3.05) is 17.4 Å². The Morgan fingerprint density at radius 2 is 1.78 bits per heavy atom. The van der Waals surface area contributed by atoms with Crippen molar-refractivity contribution in [2.24, 2.45) is 0 Å². The van der Waals surface area contributed by atoms with Crippen LogP contribution in [0.5, 0.6) is 5.75 Å². The molecule has 0 spiro atoms. The fourth-order valence-corrected chi connectivity index (χ4v) is 4.08. The first kappa shape index (κ1) is 22.0. The van der Waals surface area contributed by atoms with Gasteiger partial charge < -0.3 is 4.74 Å². The van der Waals surface area contributed by atoms with Crippen molar-refractivity contribution in [1.29, 1.82) is 0 Å². The van der Waals surface area contributed by atoms with Crippen LogP contribution in [-0.4, -0.2) is 24.2 Å². The quantitative estimate of drug-likeness (QED) is 0.223. The molecule has 162 valence electrons. The number of ether oxygens (including phenoxy) is 1. The Labute approximate surface area is 196 Å². The van der Waals surface area contributed by atoms with E-state index in [1.807, 2.05) is 67.6 Å². The van der Waals surface area contributed by atoms with Crippen molar-refractivity contribution in [1.82, 2.24) is 5.43 Å². The van der Waals surface area contributed by atoms with Crippen LogP contribution < -0.4 is 15.2 Å². The van der Waals surface area contributed by atoms with Gasteiger partial charge in [-0.2, -0.15) is 0 Å². The Kier molecular flexibility index (Phi) is 6.83. The number of hydrazine groups is 1. The number of nitrogens with one attached hydrogen (secondary N) is 1. The van der Waals surface area contributed by atoms with Gasteiger partial charge in [0.25, 0.3) is 11.8 Å². The van der Waals surface area contributed by atoms with Crippen LogP contribution in [0.2, 0.25) is 5.02 Å². The highest BCUT2D eigenvalue weighted by atomic mass is 35.5. The fraction of sp³-hybridized carbons (Fsp3) is 0.120. The molecule has 1 saturated heterocycles. The van der Waals surface area contributed by atoms with E-state index in [1.54, 1.807) is 30.0 Å². The molecule has 0 atom stereocenters. The molecule has 3 aromatic rings. The zero-order valence-corrected chi connectivity index (χ0v) is 19.0. The third-order valence-corrected chi connectivity index (χ3v) is 6.02. The first-order valence-electron chi connectivity index (χ1n) is 10.1. The topological polar surface area (TPSA) is 58.6 Å². The van der Waals surface area contributed by atoms with Gasteiger partial charge in [-0.3, -0.25) is 15.0 Å². The lowest BCUT2D eigenvalue weighted by atomic mass is 10.1. The lowest BCUT2D eigenvalue weighted by molar-refractivity contribution is -0.117. The van der Waals surface area contributed by atoms with E-state index >= 15 is 0 Å². The summed E-state index contributed by atoms with van der Waals surface area (Å²) in [7, 11) is 0. The average molecular weight is 465 g/mol. The van der Waals surface area contributed by atoms with Crippen molar-refractivity contribution in [3.05, 3.63) is 94.5 Å². The molecular weight excluding hydrogens is 444 g/mol. The molecule has 4 rings (SSSR count). The van der Waals surface area contributed by atoms with Crippen LogP contribution >= 0.6 is 23.4 Å². The van der Waals surface area contributed by atoms with Gasteiger partial charge in [0.1, 0.15) is 11.3 Å². The van der Waals surface area contributed by atoms with Crippen molar-refractivity contribution in [2.45, 2.75) is 11.8 Å². The summed E-state index contributed by atoms with van der Waals surface area (Å²) < 4.78 is 5.98. The van der Waals surface area contributed by atoms with Crippen LogP contribution in [-0.2, 0) is 9.59 Å². The SMILES string of the molecule is Cc1ccc(OCCSc2ccc(Cl)cc2)c(/C=C2\C(=O)NN(c3ccccc3)C2=O)c1. The highest BCUT2D eigenvalue weighted by Crippen LogP contribution is 2.27. The number of thioether (sulfide) groups is 1. The lowest BCUT2D eigenvalue weighted by Crippen LogP contribution is -2.35. The second kappa shape index (κ2) is 9.94. The minimum absolute atomic E-state index is 0.0693. The second-order valence-corrected chi connectivity index (χ2v) is 8.77. The molecule has 1 heterocycles.